The second-order valence-corrected chi connectivity index (χ2v) is 3.90. The molecule has 0 saturated heterocycles. The lowest BCUT2D eigenvalue weighted by Gasteiger charge is -2.06. The molecule has 4 nitrogen and oxygen atoms in total. The summed E-state index contributed by atoms with van der Waals surface area (Å²) in [5.74, 6) is -0.248. The Morgan fingerprint density at radius 3 is 2.82 bits per heavy atom. The van der Waals surface area contributed by atoms with Gasteiger partial charge in [-0.2, -0.15) is 5.10 Å². The molecule has 0 aliphatic carbocycles. The van der Waals surface area contributed by atoms with Crippen molar-refractivity contribution < 1.29 is 9.50 Å². The van der Waals surface area contributed by atoms with Crippen LogP contribution in [-0.2, 0) is 13.1 Å². The zero-order valence-corrected chi connectivity index (χ0v) is 9.50. The normalized spacial score (nSPS) is 10.7. The number of nitrogens with one attached hydrogen (secondary N) is 2. The van der Waals surface area contributed by atoms with Crippen LogP contribution in [0, 0.1) is 12.7 Å². The summed E-state index contributed by atoms with van der Waals surface area (Å²) in [5.41, 5.74) is 2.60. The Balaban J connectivity index is 1.94. The summed E-state index contributed by atoms with van der Waals surface area (Å²) in [6.07, 6.45) is 1.74. The van der Waals surface area contributed by atoms with Crippen LogP contribution in [-0.4, -0.2) is 15.3 Å². The Labute approximate surface area is 98.5 Å². The van der Waals surface area contributed by atoms with Gasteiger partial charge >= 0.3 is 0 Å². The number of aromatic nitrogens is 2. The first-order valence-electron chi connectivity index (χ1n) is 5.34. The summed E-state index contributed by atoms with van der Waals surface area (Å²) in [4.78, 5) is 0. The molecule has 1 aromatic carbocycles. The molecule has 0 saturated carbocycles. The number of halogens is 1. The predicted molar refractivity (Wildman–Crippen MR) is 61.9 cm³/mol. The molecule has 17 heavy (non-hydrogen) atoms. The van der Waals surface area contributed by atoms with E-state index in [1.165, 1.54) is 18.2 Å². The van der Waals surface area contributed by atoms with Crippen LogP contribution in [0.25, 0.3) is 0 Å². The van der Waals surface area contributed by atoms with Crippen LogP contribution < -0.4 is 5.32 Å². The summed E-state index contributed by atoms with van der Waals surface area (Å²) in [5, 5.41) is 19.4. The van der Waals surface area contributed by atoms with Crippen LogP contribution in [0.15, 0.2) is 24.4 Å². The Hall–Kier alpha value is -1.88. The second-order valence-electron chi connectivity index (χ2n) is 3.90. The Morgan fingerprint density at radius 1 is 1.35 bits per heavy atom. The van der Waals surface area contributed by atoms with Crippen LogP contribution in [0.5, 0.6) is 5.75 Å². The van der Waals surface area contributed by atoms with Gasteiger partial charge in [-0.25, -0.2) is 4.39 Å². The number of rotatable bonds is 4. The lowest BCUT2D eigenvalue weighted by molar-refractivity contribution is 0.461. The number of nitrogens with zero attached hydrogens (tertiary/aromatic N) is 1. The number of benzene rings is 1. The van der Waals surface area contributed by atoms with E-state index in [0.717, 1.165) is 11.3 Å². The monoisotopic (exact) mass is 235 g/mol. The zero-order valence-electron chi connectivity index (χ0n) is 9.50. The maximum absolute atomic E-state index is 13.0. The molecular formula is C12H14FN3O. The average Bonchev–Trinajstić information content (AvgIpc) is 2.70. The molecule has 1 aromatic heterocycles. The molecule has 0 unspecified atom stereocenters. The molecule has 0 bridgehead atoms. The van der Waals surface area contributed by atoms with Gasteiger partial charge in [-0.05, 0) is 25.1 Å². The number of H-pyrrole nitrogens is 1. The van der Waals surface area contributed by atoms with Gasteiger partial charge in [0.05, 0.1) is 6.20 Å². The summed E-state index contributed by atoms with van der Waals surface area (Å²) in [7, 11) is 0. The van der Waals surface area contributed by atoms with Gasteiger partial charge in [-0.15, -0.1) is 0 Å². The Morgan fingerprint density at radius 2 is 2.12 bits per heavy atom. The van der Waals surface area contributed by atoms with Crippen molar-refractivity contribution >= 4 is 0 Å². The van der Waals surface area contributed by atoms with Crippen molar-refractivity contribution in [1.82, 2.24) is 15.5 Å². The number of phenols is 1. The quantitative estimate of drug-likeness (QED) is 0.758. The highest BCUT2D eigenvalue weighted by atomic mass is 19.1. The van der Waals surface area contributed by atoms with Crippen molar-refractivity contribution in [1.29, 1.82) is 0 Å². The Bertz CT molecular complexity index is 510. The lowest BCUT2D eigenvalue weighted by atomic mass is 10.2. The van der Waals surface area contributed by atoms with Gasteiger partial charge in [0, 0.05) is 29.9 Å². The van der Waals surface area contributed by atoms with Crippen molar-refractivity contribution in [3.05, 3.63) is 47.0 Å². The molecule has 0 aliphatic heterocycles. The molecule has 0 amide bonds. The SMILES string of the molecule is Cc1[nH]ncc1CNCc1cc(F)ccc1O. The number of hydrogen-bond donors (Lipinski definition) is 3. The van der Waals surface area contributed by atoms with Gasteiger partial charge in [0.15, 0.2) is 0 Å². The third kappa shape index (κ3) is 2.82. The largest absolute Gasteiger partial charge is 0.508 e. The molecule has 3 N–H and O–H groups in total. The van der Waals surface area contributed by atoms with E-state index in [0.29, 0.717) is 18.7 Å². The molecule has 0 atom stereocenters. The maximum Gasteiger partial charge on any atom is 0.123 e. The third-order valence-electron chi connectivity index (χ3n) is 2.61. The molecule has 0 fully saturated rings. The van der Waals surface area contributed by atoms with Gasteiger partial charge in [0.25, 0.3) is 0 Å². The summed E-state index contributed by atoms with van der Waals surface area (Å²) < 4.78 is 13.0. The molecule has 5 heteroatoms. The van der Waals surface area contributed by atoms with Crippen LogP contribution in [0.1, 0.15) is 16.8 Å². The van der Waals surface area contributed by atoms with Crippen molar-refractivity contribution in [2.45, 2.75) is 20.0 Å². The summed E-state index contributed by atoms with van der Waals surface area (Å²) in [6, 6.07) is 3.92. The minimum atomic E-state index is -0.348. The van der Waals surface area contributed by atoms with Gasteiger partial charge in [-0.1, -0.05) is 0 Å². The van der Waals surface area contributed by atoms with E-state index in [4.69, 9.17) is 0 Å². The first kappa shape index (κ1) is 11.6. The molecule has 0 radical (unpaired) electrons. The van der Waals surface area contributed by atoms with Crippen molar-refractivity contribution in [3.8, 4) is 5.75 Å². The van der Waals surface area contributed by atoms with Crippen LogP contribution in [0.2, 0.25) is 0 Å². The molecule has 0 aliphatic rings. The highest BCUT2D eigenvalue weighted by molar-refractivity contribution is 5.32. The number of aryl methyl sites for hydroxylation is 1. The number of aromatic hydroxyl groups is 1. The summed E-state index contributed by atoms with van der Waals surface area (Å²) in [6.45, 7) is 2.97. The molecular weight excluding hydrogens is 221 g/mol. The topological polar surface area (TPSA) is 60.9 Å². The fourth-order valence-electron chi connectivity index (χ4n) is 1.58. The van der Waals surface area contributed by atoms with E-state index >= 15 is 0 Å². The maximum atomic E-state index is 13.0. The zero-order chi connectivity index (χ0) is 12.3. The second kappa shape index (κ2) is 4.97. The van der Waals surface area contributed by atoms with Gasteiger partial charge in [0.1, 0.15) is 11.6 Å². The van der Waals surface area contributed by atoms with Crippen molar-refractivity contribution in [3.63, 3.8) is 0 Å². The first-order valence-corrected chi connectivity index (χ1v) is 5.34. The fourth-order valence-corrected chi connectivity index (χ4v) is 1.58. The average molecular weight is 235 g/mol. The van der Waals surface area contributed by atoms with Gasteiger partial charge in [0.2, 0.25) is 0 Å². The highest BCUT2D eigenvalue weighted by Gasteiger charge is 2.04. The standard InChI is InChI=1S/C12H14FN3O/c1-8-10(7-15-16-8)6-14-5-9-4-11(13)2-3-12(9)17/h2-4,7,14,17H,5-6H2,1H3,(H,15,16). The molecule has 90 valence electrons. The molecule has 0 spiro atoms. The van der Waals surface area contributed by atoms with E-state index in [-0.39, 0.29) is 11.6 Å². The van der Waals surface area contributed by atoms with Crippen LogP contribution >= 0.6 is 0 Å². The highest BCUT2D eigenvalue weighted by Crippen LogP contribution is 2.17. The predicted octanol–water partition coefficient (Wildman–Crippen LogP) is 1.85. The first-order chi connectivity index (χ1) is 8.16. The van der Waals surface area contributed by atoms with E-state index in [1.54, 1.807) is 6.20 Å². The van der Waals surface area contributed by atoms with Crippen molar-refractivity contribution in [2.24, 2.45) is 0 Å². The van der Waals surface area contributed by atoms with Crippen LogP contribution in [0.4, 0.5) is 4.39 Å². The number of hydrogen-bond acceptors (Lipinski definition) is 3. The third-order valence-corrected chi connectivity index (χ3v) is 2.61. The van der Waals surface area contributed by atoms with E-state index in [9.17, 15) is 9.50 Å². The number of phenolic OH excluding ortho intramolecular Hbond substituents is 1. The van der Waals surface area contributed by atoms with E-state index < -0.39 is 0 Å². The van der Waals surface area contributed by atoms with Crippen molar-refractivity contribution in [2.75, 3.05) is 0 Å². The minimum Gasteiger partial charge on any atom is -0.508 e. The smallest absolute Gasteiger partial charge is 0.123 e. The fraction of sp³-hybridized carbons (Fsp3) is 0.250. The lowest BCUT2D eigenvalue weighted by Crippen LogP contribution is -2.13. The van der Waals surface area contributed by atoms with E-state index in [1.807, 2.05) is 6.92 Å². The summed E-state index contributed by atoms with van der Waals surface area (Å²) >= 11 is 0. The molecule has 2 aromatic rings. The van der Waals surface area contributed by atoms with Gasteiger partial charge < -0.3 is 10.4 Å². The minimum absolute atomic E-state index is 0.0998. The number of aromatic amines is 1. The van der Waals surface area contributed by atoms with E-state index in [2.05, 4.69) is 15.5 Å². The van der Waals surface area contributed by atoms with Crippen LogP contribution in [0.3, 0.4) is 0 Å². The Kier molecular flexibility index (Phi) is 3.39. The molecule has 1 heterocycles. The van der Waals surface area contributed by atoms with Gasteiger partial charge in [-0.3, -0.25) is 5.10 Å². The molecule has 2 rings (SSSR count).